The van der Waals surface area contributed by atoms with Gasteiger partial charge in [-0.2, -0.15) is 13.5 Å². The molecule has 1 amide bonds. The van der Waals surface area contributed by atoms with Crippen LogP contribution in [0.25, 0.3) is 10.2 Å². The first-order chi connectivity index (χ1) is 16.8. The predicted octanol–water partition coefficient (Wildman–Crippen LogP) is 4.97. The highest BCUT2D eigenvalue weighted by molar-refractivity contribution is 8.01. The van der Waals surface area contributed by atoms with Gasteiger partial charge in [-0.3, -0.25) is 4.79 Å². The van der Waals surface area contributed by atoms with Crippen molar-refractivity contribution in [3.63, 3.8) is 0 Å². The van der Waals surface area contributed by atoms with Gasteiger partial charge in [-0.1, -0.05) is 35.5 Å². The van der Waals surface area contributed by atoms with E-state index in [0.717, 1.165) is 14.6 Å². The van der Waals surface area contributed by atoms with Gasteiger partial charge in [0.05, 0.1) is 29.3 Å². The van der Waals surface area contributed by atoms with E-state index in [4.69, 9.17) is 20.5 Å². The standard InChI is InChI=1S/C23H18ClN3O5S3/c1-31-20-12-15(6-11-19(20)32-35(29,30)17-9-7-16(24)8-10-17)13-25-27-22(28)14-33-23-26-18-4-2-3-5-21(18)34-23/h2-13H,14H2,1H3,(H,27,28)/b25-13-. The van der Waals surface area contributed by atoms with Gasteiger partial charge in [-0.25, -0.2) is 10.4 Å². The van der Waals surface area contributed by atoms with E-state index in [1.54, 1.807) is 6.07 Å². The van der Waals surface area contributed by atoms with Gasteiger partial charge in [-0.05, 0) is 60.2 Å². The molecular weight excluding hydrogens is 530 g/mol. The first-order valence-electron chi connectivity index (χ1n) is 10.0. The highest BCUT2D eigenvalue weighted by Gasteiger charge is 2.19. The second-order valence-corrected chi connectivity index (χ2v) is 11.2. The summed E-state index contributed by atoms with van der Waals surface area (Å²) in [6.45, 7) is 0. The summed E-state index contributed by atoms with van der Waals surface area (Å²) in [6.07, 6.45) is 1.42. The second-order valence-electron chi connectivity index (χ2n) is 6.93. The summed E-state index contributed by atoms with van der Waals surface area (Å²) in [5.74, 6) is 0.0714. The average Bonchev–Trinajstić information content (AvgIpc) is 3.27. The number of nitrogens with one attached hydrogen (secondary N) is 1. The third-order valence-corrected chi connectivity index (χ3v) is 8.17. The van der Waals surface area contributed by atoms with Crippen molar-refractivity contribution in [1.82, 2.24) is 10.4 Å². The Morgan fingerprint density at radius 3 is 2.66 bits per heavy atom. The number of hydrazone groups is 1. The fraction of sp³-hybridized carbons (Fsp3) is 0.0870. The van der Waals surface area contributed by atoms with Crippen LogP contribution in [0.2, 0.25) is 5.02 Å². The number of aromatic nitrogens is 1. The molecule has 0 saturated heterocycles. The molecule has 0 aliphatic carbocycles. The van der Waals surface area contributed by atoms with Crippen molar-refractivity contribution in [3.05, 3.63) is 77.3 Å². The molecule has 0 aliphatic heterocycles. The fourth-order valence-corrected chi connectivity index (χ4v) is 5.78. The molecule has 0 spiro atoms. The molecule has 0 saturated carbocycles. The minimum Gasteiger partial charge on any atom is -0.493 e. The molecule has 1 N–H and O–H groups in total. The SMILES string of the molecule is COc1cc(/C=N\NC(=O)CSc2nc3ccccc3s2)ccc1OS(=O)(=O)c1ccc(Cl)cc1. The number of nitrogens with zero attached hydrogens (tertiary/aromatic N) is 2. The molecule has 0 aliphatic rings. The molecule has 12 heteroatoms. The molecule has 4 aromatic rings. The van der Waals surface area contributed by atoms with Gasteiger partial charge in [0.2, 0.25) is 0 Å². The smallest absolute Gasteiger partial charge is 0.339 e. The van der Waals surface area contributed by atoms with Crippen molar-refractivity contribution in [2.45, 2.75) is 9.24 Å². The van der Waals surface area contributed by atoms with Crippen LogP contribution < -0.4 is 14.3 Å². The average molecular weight is 548 g/mol. The molecule has 180 valence electrons. The monoisotopic (exact) mass is 547 g/mol. The zero-order valence-electron chi connectivity index (χ0n) is 18.2. The number of thioether (sulfide) groups is 1. The maximum atomic E-state index is 12.5. The molecular formula is C23H18ClN3O5S3. The molecule has 4 rings (SSSR count). The number of thiazole rings is 1. The highest BCUT2D eigenvalue weighted by atomic mass is 35.5. The van der Waals surface area contributed by atoms with E-state index in [9.17, 15) is 13.2 Å². The van der Waals surface area contributed by atoms with E-state index in [2.05, 4.69) is 15.5 Å². The van der Waals surface area contributed by atoms with Gasteiger partial charge in [0.1, 0.15) is 4.90 Å². The largest absolute Gasteiger partial charge is 0.493 e. The van der Waals surface area contributed by atoms with Crippen molar-refractivity contribution in [3.8, 4) is 11.5 Å². The molecule has 0 atom stereocenters. The summed E-state index contributed by atoms with van der Waals surface area (Å²) < 4.78 is 37.4. The summed E-state index contributed by atoms with van der Waals surface area (Å²) in [7, 11) is -2.69. The number of fused-ring (bicyclic) bond motifs is 1. The van der Waals surface area contributed by atoms with Crippen molar-refractivity contribution in [2.24, 2.45) is 5.10 Å². The van der Waals surface area contributed by atoms with E-state index in [-0.39, 0.29) is 28.1 Å². The lowest BCUT2D eigenvalue weighted by molar-refractivity contribution is -0.118. The summed E-state index contributed by atoms with van der Waals surface area (Å²) in [5, 5.41) is 4.36. The van der Waals surface area contributed by atoms with Gasteiger partial charge in [0.25, 0.3) is 5.91 Å². The highest BCUT2D eigenvalue weighted by Crippen LogP contribution is 2.31. The van der Waals surface area contributed by atoms with Crippen LogP contribution in [0.4, 0.5) is 0 Å². The molecule has 1 aromatic heterocycles. The Morgan fingerprint density at radius 2 is 1.91 bits per heavy atom. The molecule has 0 bridgehead atoms. The Labute approximate surface area is 215 Å². The lowest BCUT2D eigenvalue weighted by Gasteiger charge is -2.11. The zero-order valence-corrected chi connectivity index (χ0v) is 21.4. The van der Waals surface area contributed by atoms with Gasteiger partial charge in [-0.15, -0.1) is 11.3 Å². The van der Waals surface area contributed by atoms with E-state index < -0.39 is 10.1 Å². The summed E-state index contributed by atoms with van der Waals surface area (Å²) in [6, 6.07) is 18.0. The minimum atomic E-state index is -4.08. The Balaban J connectivity index is 1.35. The number of ether oxygens (including phenoxy) is 1. The molecule has 1 heterocycles. The first kappa shape index (κ1) is 25.0. The van der Waals surface area contributed by atoms with Gasteiger partial charge < -0.3 is 8.92 Å². The van der Waals surface area contributed by atoms with E-state index in [0.29, 0.717) is 10.6 Å². The fourth-order valence-electron chi connectivity index (χ4n) is 2.85. The van der Waals surface area contributed by atoms with Crippen LogP contribution in [0.15, 0.2) is 81.1 Å². The number of para-hydroxylation sites is 1. The van der Waals surface area contributed by atoms with E-state index >= 15 is 0 Å². The second kappa shape index (κ2) is 11.1. The number of methoxy groups -OCH3 is 1. The molecule has 0 unspecified atom stereocenters. The minimum absolute atomic E-state index is 0.0101. The number of rotatable bonds is 9. The Morgan fingerprint density at radius 1 is 1.14 bits per heavy atom. The normalized spacial score (nSPS) is 11.6. The van der Waals surface area contributed by atoms with Gasteiger partial charge in [0, 0.05) is 5.02 Å². The zero-order chi connectivity index (χ0) is 24.8. The van der Waals surface area contributed by atoms with Crippen molar-refractivity contribution in [2.75, 3.05) is 12.9 Å². The topological polar surface area (TPSA) is 107 Å². The van der Waals surface area contributed by atoms with Gasteiger partial charge >= 0.3 is 10.1 Å². The maximum Gasteiger partial charge on any atom is 0.339 e. The predicted molar refractivity (Wildman–Crippen MR) is 138 cm³/mol. The lowest BCUT2D eigenvalue weighted by Crippen LogP contribution is -2.19. The number of carbonyl (C=O) groups is 1. The number of benzene rings is 3. The number of halogens is 1. The molecule has 35 heavy (non-hydrogen) atoms. The number of hydrogen-bond donors (Lipinski definition) is 1. The molecule has 0 fully saturated rings. The van der Waals surface area contributed by atoms with Crippen LogP contribution in [-0.4, -0.2) is 38.4 Å². The van der Waals surface area contributed by atoms with E-state index in [1.165, 1.54) is 72.8 Å². The Hall–Kier alpha value is -3.12. The van der Waals surface area contributed by atoms with Crippen LogP contribution in [-0.2, 0) is 14.9 Å². The number of amides is 1. The maximum absolute atomic E-state index is 12.5. The van der Waals surface area contributed by atoms with Crippen LogP contribution in [0.5, 0.6) is 11.5 Å². The number of carbonyl (C=O) groups excluding carboxylic acids is 1. The van der Waals surface area contributed by atoms with Crippen molar-refractivity contribution in [1.29, 1.82) is 0 Å². The Kier molecular flexibility index (Phi) is 7.91. The third-order valence-electron chi connectivity index (χ3n) is 4.49. The van der Waals surface area contributed by atoms with Gasteiger partial charge in [0.15, 0.2) is 15.8 Å². The quantitative estimate of drug-likeness (QED) is 0.136. The molecule has 3 aromatic carbocycles. The summed E-state index contributed by atoms with van der Waals surface area (Å²) in [4.78, 5) is 16.6. The third kappa shape index (κ3) is 6.51. The van der Waals surface area contributed by atoms with Crippen LogP contribution in [0, 0.1) is 0 Å². The lowest BCUT2D eigenvalue weighted by atomic mass is 10.2. The molecule has 0 radical (unpaired) electrons. The van der Waals surface area contributed by atoms with Crippen LogP contribution in [0.1, 0.15) is 5.56 Å². The van der Waals surface area contributed by atoms with Crippen LogP contribution >= 0.6 is 34.7 Å². The summed E-state index contributed by atoms with van der Waals surface area (Å²) in [5.41, 5.74) is 3.93. The Bertz CT molecular complexity index is 1460. The summed E-state index contributed by atoms with van der Waals surface area (Å²) >= 11 is 8.67. The number of hydrogen-bond acceptors (Lipinski definition) is 9. The van der Waals surface area contributed by atoms with Crippen molar-refractivity contribution < 1.29 is 22.1 Å². The van der Waals surface area contributed by atoms with Crippen LogP contribution in [0.3, 0.4) is 0 Å². The first-order valence-corrected chi connectivity index (χ1v) is 13.6. The molecule has 8 nitrogen and oxygen atoms in total. The van der Waals surface area contributed by atoms with E-state index in [1.807, 2.05) is 24.3 Å². The van der Waals surface area contributed by atoms with Crippen molar-refractivity contribution >= 4 is 67.2 Å².